The first-order valence-corrected chi connectivity index (χ1v) is 6.64. The Labute approximate surface area is 106 Å². The molecule has 3 nitrogen and oxygen atoms in total. The van der Waals surface area contributed by atoms with E-state index in [-0.39, 0.29) is 0 Å². The van der Waals surface area contributed by atoms with Gasteiger partial charge in [-0.25, -0.2) is 9.97 Å². The number of aryl methyl sites for hydroxylation is 1. The Morgan fingerprint density at radius 2 is 2.24 bits per heavy atom. The highest BCUT2D eigenvalue weighted by Crippen LogP contribution is 2.21. The van der Waals surface area contributed by atoms with Gasteiger partial charge < -0.3 is 5.32 Å². The highest BCUT2D eigenvalue weighted by atomic mass is 32.1. The van der Waals surface area contributed by atoms with E-state index in [1.165, 1.54) is 5.56 Å². The third-order valence-corrected chi connectivity index (χ3v) is 3.39. The summed E-state index contributed by atoms with van der Waals surface area (Å²) in [5.74, 6) is 0.825. The van der Waals surface area contributed by atoms with Crippen molar-refractivity contribution in [1.29, 1.82) is 0 Å². The maximum absolute atomic E-state index is 4.55. The molecule has 0 aliphatic rings. The molecule has 0 saturated heterocycles. The van der Waals surface area contributed by atoms with E-state index in [0.717, 1.165) is 22.9 Å². The molecule has 0 aliphatic heterocycles. The summed E-state index contributed by atoms with van der Waals surface area (Å²) in [6, 6.07) is 4.55. The fourth-order valence-corrected chi connectivity index (χ4v) is 2.17. The van der Waals surface area contributed by atoms with Crippen molar-refractivity contribution < 1.29 is 0 Å². The van der Waals surface area contributed by atoms with Crippen LogP contribution in [-0.2, 0) is 6.54 Å². The summed E-state index contributed by atoms with van der Waals surface area (Å²) in [5, 5.41) is 5.42. The SMILES string of the molecule is Cc1nc(-c2cccs2)ncc1CNC(C)C. The van der Waals surface area contributed by atoms with Gasteiger partial charge in [0.2, 0.25) is 0 Å². The van der Waals surface area contributed by atoms with Crippen LogP contribution in [0.3, 0.4) is 0 Å². The predicted octanol–water partition coefficient (Wildman–Crippen LogP) is 3.01. The molecule has 90 valence electrons. The Morgan fingerprint density at radius 1 is 1.41 bits per heavy atom. The second-order valence-corrected chi connectivity index (χ2v) is 5.26. The van der Waals surface area contributed by atoms with Crippen molar-refractivity contribution in [2.75, 3.05) is 0 Å². The van der Waals surface area contributed by atoms with Crippen LogP contribution in [0, 0.1) is 6.92 Å². The van der Waals surface area contributed by atoms with Gasteiger partial charge in [0.05, 0.1) is 4.88 Å². The number of nitrogens with one attached hydrogen (secondary N) is 1. The molecule has 0 amide bonds. The van der Waals surface area contributed by atoms with Gasteiger partial charge in [0.1, 0.15) is 0 Å². The minimum absolute atomic E-state index is 0.478. The zero-order valence-electron chi connectivity index (χ0n) is 10.4. The number of thiophene rings is 1. The lowest BCUT2D eigenvalue weighted by atomic mass is 10.2. The highest BCUT2D eigenvalue weighted by molar-refractivity contribution is 7.13. The van der Waals surface area contributed by atoms with E-state index in [4.69, 9.17) is 0 Å². The van der Waals surface area contributed by atoms with Crippen molar-refractivity contribution in [3.63, 3.8) is 0 Å². The molecule has 0 aliphatic carbocycles. The lowest BCUT2D eigenvalue weighted by Gasteiger charge is -2.10. The molecule has 0 bridgehead atoms. The van der Waals surface area contributed by atoms with E-state index in [9.17, 15) is 0 Å². The van der Waals surface area contributed by atoms with Gasteiger partial charge in [0.15, 0.2) is 5.82 Å². The summed E-state index contributed by atoms with van der Waals surface area (Å²) in [5.41, 5.74) is 2.22. The van der Waals surface area contributed by atoms with Crippen molar-refractivity contribution in [3.05, 3.63) is 35.0 Å². The maximum Gasteiger partial charge on any atom is 0.169 e. The van der Waals surface area contributed by atoms with Gasteiger partial charge in [-0.05, 0) is 18.4 Å². The van der Waals surface area contributed by atoms with E-state index >= 15 is 0 Å². The van der Waals surface area contributed by atoms with Crippen LogP contribution in [0.2, 0.25) is 0 Å². The van der Waals surface area contributed by atoms with Crippen molar-refractivity contribution in [2.45, 2.75) is 33.4 Å². The van der Waals surface area contributed by atoms with E-state index in [0.29, 0.717) is 6.04 Å². The van der Waals surface area contributed by atoms with E-state index in [1.54, 1.807) is 11.3 Å². The summed E-state index contributed by atoms with van der Waals surface area (Å²) in [7, 11) is 0. The molecular formula is C13H17N3S. The van der Waals surface area contributed by atoms with Crippen LogP contribution in [0.4, 0.5) is 0 Å². The molecule has 17 heavy (non-hydrogen) atoms. The Balaban J connectivity index is 2.17. The molecule has 0 saturated carbocycles. The fourth-order valence-electron chi connectivity index (χ4n) is 1.50. The second kappa shape index (κ2) is 5.38. The first-order chi connectivity index (χ1) is 8.16. The summed E-state index contributed by atoms with van der Waals surface area (Å²) < 4.78 is 0. The summed E-state index contributed by atoms with van der Waals surface area (Å²) in [6.45, 7) is 7.14. The van der Waals surface area contributed by atoms with Crippen molar-refractivity contribution in [1.82, 2.24) is 15.3 Å². The standard InChI is InChI=1S/C13H17N3S/c1-9(2)14-7-11-8-15-13(16-10(11)3)12-5-4-6-17-12/h4-6,8-9,14H,7H2,1-3H3. The molecule has 0 aromatic carbocycles. The van der Waals surface area contributed by atoms with Crippen LogP contribution < -0.4 is 5.32 Å². The smallest absolute Gasteiger partial charge is 0.169 e. The zero-order chi connectivity index (χ0) is 12.3. The largest absolute Gasteiger partial charge is 0.310 e. The predicted molar refractivity (Wildman–Crippen MR) is 72.1 cm³/mol. The molecule has 0 spiro atoms. The van der Waals surface area contributed by atoms with E-state index in [2.05, 4.69) is 29.1 Å². The molecule has 2 heterocycles. The molecule has 1 N–H and O–H groups in total. The van der Waals surface area contributed by atoms with Gasteiger partial charge in [-0.15, -0.1) is 11.3 Å². The molecule has 0 atom stereocenters. The average molecular weight is 247 g/mol. The van der Waals surface area contributed by atoms with Gasteiger partial charge in [0.25, 0.3) is 0 Å². The summed E-state index contributed by atoms with van der Waals surface area (Å²) >= 11 is 1.67. The van der Waals surface area contributed by atoms with Crippen molar-refractivity contribution in [3.8, 4) is 10.7 Å². The minimum Gasteiger partial charge on any atom is -0.310 e. The topological polar surface area (TPSA) is 37.8 Å². The fraction of sp³-hybridized carbons (Fsp3) is 0.385. The highest BCUT2D eigenvalue weighted by Gasteiger charge is 2.06. The van der Waals surface area contributed by atoms with Crippen LogP contribution in [0.25, 0.3) is 10.7 Å². The van der Waals surface area contributed by atoms with E-state index < -0.39 is 0 Å². The quantitative estimate of drug-likeness (QED) is 0.902. The first-order valence-electron chi connectivity index (χ1n) is 5.76. The monoisotopic (exact) mass is 247 g/mol. The zero-order valence-corrected chi connectivity index (χ0v) is 11.2. The molecule has 2 aromatic rings. The van der Waals surface area contributed by atoms with Crippen LogP contribution in [-0.4, -0.2) is 16.0 Å². The second-order valence-electron chi connectivity index (χ2n) is 4.32. The van der Waals surface area contributed by atoms with Crippen LogP contribution in [0.1, 0.15) is 25.1 Å². The Bertz CT molecular complexity index is 477. The summed E-state index contributed by atoms with van der Waals surface area (Å²) in [6.07, 6.45) is 1.92. The van der Waals surface area contributed by atoms with E-state index in [1.807, 2.05) is 30.6 Å². The maximum atomic E-state index is 4.55. The van der Waals surface area contributed by atoms with Gasteiger partial charge in [-0.3, -0.25) is 0 Å². The Morgan fingerprint density at radius 3 is 2.82 bits per heavy atom. The normalized spacial score (nSPS) is 11.1. The van der Waals surface area contributed by atoms with Crippen molar-refractivity contribution in [2.24, 2.45) is 0 Å². The number of rotatable bonds is 4. The lowest BCUT2D eigenvalue weighted by molar-refractivity contribution is 0.585. The molecular weight excluding hydrogens is 230 g/mol. The van der Waals surface area contributed by atoms with Gasteiger partial charge in [-0.2, -0.15) is 0 Å². The Hall–Kier alpha value is -1.26. The van der Waals surface area contributed by atoms with Crippen LogP contribution >= 0.6 is 11.3 Å². The van der Waals surface area contributed by atoms with Gasteiger partial charge >= 0.3 is 0 Å². The first kappa shape index (κ1) is 12.2. The minimum atomic E-state index is 0.478. The summed E-state index contributed by atoms with van der Waals surface area (Å²) in [4.78, 5) is 10.1. The Kier molecular flexibility index (Phi) is 3.86. The molecule has 0 fully saturated rings. The number of hydrogen-bond donors (Lipinski definition) is 1. The molecule has 2 aromatic heterocycles. The number of nitrogens with zero attached hydrogens (tertiary/aromatic N) is 2. The lowest BCUT2D eigenvalue weighted by Crippen LogP contribution is -2.22. The van der Waals surface area contributed by atoms with Crippen LogP contribution in [0.15, 0.2) is 23.7 Å². The molecule has 4 heteroatoms. The number of aromatic nitrogens is 2. The third kappa shape index (κ3) is 3.11. The molecule has 0 radical (unpaired) electrons. The molecule has 0 unspecified atom stereocenters. The third-order valence-electron chi connectivity index (χ3n) is 2.52. The van der Waals surface area contributed by atoms with Crippen LogP contribution in [0.5, 0.6) is 0 Å². The average Bonchev–Trinajstić information content (AvgIpc) is 2.80. The molecule has 2 rings (SSSR count). The number of hydrogen-bond acceptors (Lipinski definition) is 4. The van der Waals surface area contributed by atoms with Crippen molar-refractivity contribution >= 4 is 11.3 Å². The van der Waals surface area contributed by atoms with Gasteiger partial charge in [0, 0.05) is 30.0 Å². The van der Waals surface area contributed by atoms with Gasteiger partial charge in [-0.1, -0.05) is 19.9 Å².